The van der Waals surface area contributed by atoms with Crippen LogP contribution in [0.25, 0.3) is 10.4 Å². The maximum atomic E-state index is 8.71. The molecular formula is C9H4ClN3S2. The number of halogens is 1. The second-order valence-corrected chi connectivity index (χ2v) is 4.59. The van der Waals surface area contributed by atoms with Crippen molar-refractivity contribution in [1.29, 1.82) is 5.26 Å². The molecule has 6 heteroatoms. The Morgan fingerprint density at radius 1 is 1.53 bits per heavy atom. The lowest BCUT2D eigenvalue weighted by Crippen LogP contribution is -1.85. The first-order valence-corrected chi connectivity index (χ1v) is 5.56. The molecule has 15 heavy (non-hydrogen) atoms. The quantitative estimate of drug-likeness (QED) is 0.793. The summed E-state index contributed by atoms with van der Waals surface area (Å²) in [6.45, 7) is 0. The molecule has 0 aliphatic rings. The van der Waals surface area contributed by atoms with Gasteiger partial charge in [-0.05, 0) is 18.2 Å². The fourth-order valence-electron chi connectivity index (χ4n) is 1.11. The highest BCUT2D eigenvalue weighted by Crippen LogP contribution is 2.28. The van der Waals surface area contributed by atoms with Crippen LogP contribution < -0.4 is 0 Å². The average molecular weight is 254 g/mol. The Morgan fingerprint density at radius 3 is 3.00 bits per heavy atom. The summed E-state index contributed by atoms with van der Waals surface area (Å²) in [5.41, 5.74) is 0.802. The first-order chi connectivity index (χ1) is 7.20. The molecule has 0 fully saturated rings. The van der Waals surface area contributed by atoms with E-state index in [1.54, 1.807) is 12.1 Å². The lowest BCUT2D eigenvalue weighted by molar-refractivity contribution is 1.02. The zero-order chi connectivity index (χ0) is 10.8. The summed E-state index contributed by atoms with van der Waals surface area (Å²) < 4.78 is 0.519. The molecule has 0 saturated carbocycles. The van der Waals surface area contributed by atoms with E-state index in [4.69, 9.17) is 29.1 Å². The van der Waals surface area contributed by atoms with Crippen molar-refractivity contribution in [3.05, 3.63) is 32.9 Å². The summed E-state index contributed by atoms with van der Waals surface area (Å²) in [6.07, 6.45) is 0. The van der Waals surface area contributed by atoms with Gasteiger partial charge >= 0.3 is 0 Å². The van der Waals surface area contributed by atoms with Gasteiger partial charge in [-0.25, -0.2) is 0 Å². The highest BCUT2D eigenvalue weighted by atomic mass is 35.5. The van der Waals surface area contributed by atoms with Crippen LogP contribution in [-0.4, -0.2) is 10.2 Å². The molecule has 0 saturated heterocycles. The zero-order valence-electron chi connectivity index (χ0n) is 7.32. The lowest BCUT2D eigenvalue weighted by atomic mass is 10.2. The third-order valence-corrected chi connectivity index (χ3v) is 3.28. The van der Waals surface area contributed by atoms with Crippen molar-refractivity contribution >= 4 is 35.2 Å². The maximum absolute atomic E-state index is 8.71. The van der Waals surface area contributed by atoms with Crippen LogP contribution in [-0.2, 0) is 0 Å². The number of rotatable bonds is 1. The lowest BCUT2D eigenvalue weighted by Gasteiger charge is -1.97. The molecular weight excluding hydrogens is 250 g/mol. The molecule has 2 aromatic heterocycles. The smallest absolute Gasteiger partial charge is 0.150 e. The van der Waals surface area contributed by atoms with Crippen LogP contribution in [0.1, 0.15) is 4.88 Å². The minimum Gasteiger partial charge on any atom is -0.266 e. The van der Waals surface area contributed by atoms with E-state index in [1.165, 1.54) is 11.3 Å². The highest BCUT2D eigenvalue weighted by molar-refractivity contribution is 7.71. The van der Waals surface area contributed by atoms with E-state index in [0.29, 0.717) is 14.7 Å². The normalized spacial score (nSPS) is 9.87. The molecule has 0 atom stereocenters. The van der Waals surface area contributed by atoms with Crippen LogP contribution in [0.2, 0.25) is 5.15 Å². The Hall–Kier alpha value is -1.22. The van der Waals surface area contributed by atoms with Crippen molar-refractivity contribution in [3.63, 3.8) is 0 Å². The van der Waals surface area contributed by atoms with Gasteiger partial charge in [0.2, 0.25) is 0 Å². The Morgan fingerprint density at radius 2 is 2.33 bits per heavy atom. The summed E-state index contributed by atoms with van der Waals surface area (Å²) in [6, 6.07) is 7.36. The molecule has 0 spiro atoms. The van der Waals surface area contributed by atoms with E-state index in [-0.39, 0.29) is 0 Å². The third kappa shape index (κ3) is 2.07. The summed E-state index contributed by atoms with van der Waals surface area (Å²) in [7, 11) is 0. The van der Waals surface area contributed by atoms with Gasteiger partial charge in [0.1, 0.15) is 20.7 Å². The van der Waals surface area contributed by atoms with Crippen LogP contribution in [0.5, 0.6) is 0 Å². The van der Waals surface area contributed by atoms with Gasteiger partial charge in [-0.15, -0.1) is 11.3 Å². The molecule has 0 unspecified atom stereocenters. The van der Waals surface area contributed by atoms with Crippen LogP contribution in [0.3, 0.4) is 0 Å². The summed E-state index contributed by atoms with van der Waals surface area (Å²) >= 11 is 12.2. The van der Waals surface area contributed by atoms with Gasteiger partial charge in [0, 0.05) is 10.4 Å². The molecule has 3 nitrogen and oxygen atoms in total. The monoisotopic (exact) mass is 253 g/mol. The van der Waals surface area contributed by atoms with E-state index in [1.807, 2.05) is 6.07 Å². The molecule has 0 aliphatic heterocycles. The molecule has 0 aromatic carbocycles. The van der Waals surface area contributed by atoms with E-state index in [2.05, 4.69) is 16.3 Å². The fourth-order valence-corrected chi connectivity index (χ4v) is 2.36. The van der Waals surface area contributed by atoms with Gasteiger partial charge in [-0.2, -0.15) is 10.4 Å². The molecule has 0 radical (unpaired) electrons. The molecule has 0 amide bonds. The SMILES string of the molecule is N#Cc1ccc(-c2cc(Cl)n[nH]c2=S)s1. The fraction of sp³-hybridized carbons (Fsp3) is 0. The minimum absolute atomic E-state index is 0.352. The van der Waals surface area contributed by atoms with Crippen LogP contribution >= 0.6 is 35.2 Å². The number of H-pyrrole nitrogens is 1. The number of nitrogens with one attached hydrogen (secondary N) is 1. The number of hydrogen-bond acceptors (Lipinski definition) is 4. The van der Waals surface area contributed by atoms with E-state index < -0.39 is 0 Å². The van der Waals surface area contributed by atoms with Crippen molar-refractivity contribution in [1.82, 2.24) is 10.2 Å². The van der Waals surface area contributed by atoms with Crippen LogP contribution in [0, 0.1) is 16.0 Å². The van der Waals surface area contributed by atoms with Crippen molar-refractivity contribution in [2.45, 2.75) is 0 Å². The Balaban J connectivity index is 2.59. The second kappa shape index (κ2) is 4.11. The Bertz CT molecular complexity index is 594. The average Bonchev–Trinajstić information content (AvgIpc) is 2.70. The van der Waals surface area contributed by atoms with Crippen molar-refractivity contribution in [2.24, 2.45) is 0 Å². The van der Waals surface area contributed by atoms with Crippen LogP contribution in [0.4, 0.5) is 0 Å². The number of thiophene rings is 1. The standard InChI is InChI=1S/C9H4ClN3S2/c10-8-3-6(9(14)13-12-8)7-2-1-5(4-11)15-7/h1-3H,(H,13,14). The predicted molar refractivity (Wildman–Crippen MR) is 62.5 cm³/mol. The molecule has 0 aliphatic carbocycles. The van der Waals surface area contributed by atoms with Gasteiger partial charge in [0.15, 0.2) is 0 Å². The third-order valence-electron chi connectivity index (χ3n) is 1.75. The van der Waals surface area contributed by atoms with Crippen molar-refractivity contribution < 1.29 is 0 Å². The van der Waals surface area contributed by atoms with Gasteiger partial charge in [0.25, 0.3) is 0 Å². The number of hydrogen-bond donors (Lipinski definition) is 1. The number of nitriles is 1. The number of aromatic nitrogens is 2. The summed E-state index contributed by atoms with van der Waals surface area (Å²) in [4.78, 5) is 1.56. The molecule has 0 bridgehead atoms. The zero-order valence-corrected chi connectivity index (χ0v) is 9.71. The minimum atomic E-state index is 0.352. The first-order valence-electron chi connectivity index (χ1n) is 3.96. The predicted octanol–water partition coefficient (Wildman–Crippen LogP) is 3.39. The van der Waals surface area contributed by atoms with Gasteiger partial charge in [-0.1, -0.05) is 23.8 Å². The van der Waals surface area contributed by atoms with Crippen molar-refractivity contribution in [3.8, 4) is 16.5 Å². The summed E-state index contributed by atoms with van der Waals surface area (Å²) in [5, 5.41) is 15.5. The Kier molecular flexibility index (Phi) is 2.82. The van der Waals surface area contributed by atoms with Gasteiger partial charge in [0.05, 0.1) is 0 Å². The second-order valence-electron chi connectivity index (χ2n) is 2.71. The maximum Gasteiger partial charge on any atom is 0.150 e. The molecule has 2 heterocycles. The summed E-state index contributed by atoms with van der Waals surface area (Å²) in [5.74, 6) is 0. The highest BCUT2D eigenvalue weighted by Gasteiger charge is 2.05. The first kappa shape index (κ1) is 10.3. The van der Waals surface area contributed by atoms with E-state index in [0.717, 1.165) is 10.4 Å². The number of aromatic amines is 1. The molecule has 74 valence electrons. The van der Waals surface area contributed by atoms with Crippen LogP contribution in [0.15, 0.2) is 18.2 Å². The van der Waals surface area contributed by atoms with E-state index >= 15 is 0 Å². The van der Waals surface area contributed by atoms with Gasteiger partial charge < -0.3 is 0 Å². The topological polar surface area (TPSA) is 52.5 Å². The van der Waals surface area contributed by atoms with E-state index in [9.17, 15) is 0 Å². The molecule has 2 aromatic rings. The van der Waals surface area contributed by atoms with Gasteiger partial charge in [-0.3, -0.25) is 5.10 Å². The molecule has 1 N–H and O–H groups in total. The number of nitrogens with zero attached hydrogens (tertiary/aromatic N) is 2. The Labute approximate surface area is 100.0 Å². The largest absolute Gasteiger partial charge is 0.266 e. The van der Waals surface area contributed by atoms with Crippen molar-refractivity contribution in [2.75, 3.05) is 0 Å². The molecule has 2 rings (SSSR count).